The first-order valence-corrected chi connectivity index (χ1v) is 13.2. The summed E-state index contributed by atoms with van der Waals surface area (Å²) in [7, 11) is 0. The van der Waals surface area contributed by atoms with Gasteiger partial charge in [0.25, 0.3) is 0 Å². The van der Waals surface area contributed by atoms with Gasteiger partial charge in [0.15, 0.2) is 0 Å². The lowest BCUT2D eigenvalue weighted by Crippen LogP contribution is -2.15. The maximum absolute atomic E-state index is 8.76. The predicted octanol–water partition coefficient (Wildman–Crippen LogP) is 6.68. The van der Waals surface area contributed by atoms with Gasteiger partial charge in [-0.05, 0) is 25.7 Å². The van der Waals surface area contributed by atoms with Gasteiger partial charge in [-0.2, -0.15) is 0 Å². The Morgan fingerprint density at radius 1 is 0.667 bits per heavy atom. The highest BCUT2D eigenvalue weighted by molar-refractivity contribution is 4.73. The lowest BCUT2D eigenvalue weighted by Gasteiger charge is -2.11. The zero-order chi connectivity index (χ0) is 21.5. The molecule has 30 heavy (non-hydrogen) atoms. The molecule has 0 aliphatic carbocycles. The zero-order valence-electron chi connectivity index (χ0n) is 20.1. The minimum atomic E-state index is 0.252. The number of aliphatic hydroxyl groups is 1. The molecule has 0 radical (unpaired) electrons. The van der Waals surface area contributed by atoms with E-state index in [0.717, 1.165) is 65.1 Å². The van der Waals surface area contributed by atoms with Gasteiger partial charge in [-0.1, -0.05) is 90.4 Å². The Morgan fingerprint density at radius 3 is 1.73 bits per heavy atom. The van der Waals surface area contributed by atoms with E-state index in [9.17, 15) is 0 Å². The topological polar surface area (TPSA) is 47.9 Å². The van der Waals surface area contributed by atoms with E-state index in [1.165, 1.54) is 77.0 Å². The van der Waals surface area contributed by atoms with E-state index in [1.807, 2.05) is 0 Å². The summed E-state index contributed by atoms with van der Waals surface area (Å²) in [5.74, 6) is 0.542. The van der Waals surface area contributed by atoms with Gasteiger partial charge in [-0.3, -0.25) is 0 Å². The van der Waals surface area contributed by atoms with Crippen LogP contribution in [0.3, 0.4) is 0 Å². The monoisotopic (exact) mass is 428 g/mol. The van der Waals surface area contributed by atoms with Crippen molar-refractivity contribution in [3.05, 3.63) is 0 Å². The van der Waals surface area contributed by atoms with E-state index in [-0.39, 0.29) is 6.10 Å². The summed E-state index contributed by atoms with van der Waals surface area (Å²) in [4.78, 5) is 0. The standard InChI is InChI=1S/C26H52O4/c1-2-3-4-5-6-7-8-9-10-11-13-16-19-28-22-25-21-26(30-23-25)24-29-20-17-14-12-15-18-27/h25-27H,2-24H2,1H3/t25-,26-/m1/s1. The van der Waals surface area contributed by atoms with Crippen LogP contribution in [0.5, 0.6) is 0 Å². The first-order valence-electron chi connectivity index (χ1n) is 13.2. The second-order valence-electron chi connectivity index (χ2n) is 9.23. The van der Waals surface area contributed by atoms with Crippen molar-refractivity contribution in [1.29, 1.82) is 0 Å². The van der Waals surface area contributed by atoms with Crippen LogP contribution in [0, 0.1) is 5.92 Å². The molecule has 0 aromatic rings. The highest BCUT2D eigenvalue weighted by Gasteiger charge is 2.25. The molecule has 0 unspecified atom stereocenters. The zero-order valence-corrected chi connectivity index (χ0v) is 20.1. The molecule has 4 nitrogen and oxygen atoms in total. The second-order valence-corrected chi connectivity index (χ2v) is 9.23. The van der Waals surface area contributed by atoms with Crippen LogP contribution in [-0.4, -0.2) is 50.9 Å². The fraction of sp³-hybridized carbons (Fsp3) is 1.00. The molecule has 0 aromatic heterocycles. The normalized spacial score (nSPS) is 19.0. The number of hydrogen-bond acceptors (Lipinski definition) is 4. The molecule has 0 spiro atoms. The van der Waals surface area contributed by atoms with Crippen LogP contribution in [0.1, 0.15) is 116 Å². The van der Waals surface area contributed by atoms with Crippen molar-refractivity contribution in [2.45, 2.75) is 122 Å². The molecule has 0 amide bonds. The van der Waals surface area contributed by atoms with Crippen molar-refractivity contribution in [2.24, 2.45) is 5.92 Å². The molecule has 1 aliphatic heterocycles. The highest BCUT2D eigenvalue weighted by Crippen LogP contribution is 2.20. The van der Waals surface area contributed by atoms with Crippen LogP contribution in [-0.2, 0) is 14.2 Å². The van der Waals surface area contributed by atoms with Gasteiger partial charge in [0, 0.05) is 25.7 Å². The van der Waals surface area contributed by atoms with Gasteiger partial charge in [0.05, 0.1) is 25.9 Å². The van der Waals surface area contributed by atoms with E-state index in [4.69, 9.17) is 19.3 Å². The van der Waals surface area contributed by atoms with Gasteiger partial charge in [0.2, 0.25) is 0 Å². The van der Waals surface area contributed by atoms with E-state index >= 15 is 0 Å². The Bertz CT molecular complexity index is 337. The van der Waals surface area contributed by atoms with Gasteiger partial charge in [-0.15, -0.1) is 0 Å². The molecule has 1 aliphatic rings. The maximum Gasteiger partial charge on any atom is 0.0813 e. The average Bonchev–Trinajstić information content (AvgIpc) is 3.21. The van der Waals surface area contributed by atoms with Crippen LogP contribution in [0.15, 0.2) is 0 Å². The van der Waals surface area contributed by atoms with Crippen molar-refractivity contribution in [3.8, 4) is 0 Å². The molecule has 1 rings (SSSR count). The third-order valence-electron chi connectivity index (χ3n) is 6.16. The molecular weight excluding hydrogens is 376 g/mol. The summed E-state index contributed by atoms with van der Waals surface area (Å²) in [5, 5.41) is 8.76. The summed E-state index contributed by atoms with van der Waals surface area (Å²) in [6, 6.07) is 0. The SMILES string of the molecule is CCCCCCCCCCCCCCOC[C@@H]1CO[C@@H](COCCCCCCO)C1. The van der Waals surface area contributed by atoms with Gasteiger partial charge in [0.1, 0.15) is 0 Å². The van der Waals surface area contributed by atoms with Crippen molar-refractivity contribution in [1.82, 2.24) is 0 Å². The lowest BCUT2D eigenvalue weighted by atomic mass is 10.1. The molecule has 4 heteroatoms. The van der Waals surface area contributed by atoms with Gasteiger partial charge >= 0.3 is 0 Å². The average molecular weight is 429 g/mol. The molecule has 0 bridgehead atoms. The first kappa shape index (κ1) is 27.9. The Kier molecular flexibility index (Phi) is 20.5. The third kappa shape index (κ3) is 17.5. The van der Waals surface area contributed by atoms with Gasteiger partial charge in [-0.25, -0.2) is 0 Å². The van der Waals surface area contributed by atoms with Crippen LogP contribution in [0.25, 0.3) is 0 Å². The van der Waals surface area contributed by atoms with Crippen LogP contribution >= 0.6 is 0 Å². The molecule has 1 saturated heterocycles. The summed E-state index contributed by atoms with van der Waals surface area (Å²) in [6.07, 6.45) is 22.2. The summed E-state index contributed by atoms with van der Waals surface area (Å²) >= 11 is 0. The second kappa shape index (κ2) is 22.0. The lowest BCUT2D eigenvalue weighted by molar-refractivity contribution is 0.0140. The molecule has 0 aromatic carbocycles. The smallest absolute Gasteiger partial charge is 0.0813 e. The van der Waals surface area contributed by atoms with Gasteiger partial charge < -0.3 is 19.3 Å². The highest BCUT2D eigenvalue weighted by atomic mass is 16.5. The van der Waals surface area contributed by atoms with Crippen LogP contribution < -0.4 is 0 Å². The van der Waals surface area contributed by atoms with E-state index in [1.54, 1.807) is 0 Å². The van der Waals surface area contributed by atoms with Crippen molar-refractivity contribution < 1.29 is 19.3 Å². The van der Waals surface area contributed by atoms with E-state index < -0.39 is 0 Å². The Hall–Kier alpha value is -0.160. The molecule has 1 heterocycles. The Labute approximate surface area is 187 Å². The molecular formula is C26H52O4. The number of rotatable bonds is 23. The fourth-order valence-electron chi connectivity index (χ4n) is 4.19. The van der Waals surface area contributed by atoms with E-state index in [2.05, 4.69) is 6.92 Å². The summed E-state index contributed by atoms with van der Waals surface area (Å²) in [5.41, 5.74) is 0. The molecule has 1 fully saturated rings. The van der Waals surface area contributed by atoms with Crippen LogP contribution in [0.2, 0.25) is 0 Å². The summed E-state index contributed by atoms with van der Waals surface area (Å²) < 4.78 is 17.5. The Balaban J connectivity index is 1.76. The van der Waals surface area contributed by atoms with E-state index in [0.29, 0.717) is 12.5 Å². The van der Waals surface area contributed by atoms with Crippen molar-refractivity contribution in [2.75, 3.05) is 39.6 Å². The molecule has 0 saturated carbocycles. The van der Waals surface area contributed by atoms with Crippen LogP contribution in [0.4, 0.5) is 0 Å². The largest absolute Gasteiger partial charge is 0.396 e. The number of aliphatic hydroxyl groups excluding tert-OH is 1. The molecule has 1 N–H and O–H groups in total. The fourth-order valence-corrected chi connectivity index (χ4v) is 4.19. The maximum atomic E-state index is 8.76. The first-order chi connectivity index (χ1) is 14.9. The predicted molar refractivity (Wildman–Crippen MR) is 126 cm³/mol. The summed E-state index contributed by atoms with van der Waals surface area (Å²) in [6.45, 7) is 6.69. The minimum absolute atomic E-state index is 0.252. The van der Waals surface area contributed by atoms with Crippen molar-refractivity contribution in [3.63, 3.8) is 0 Å². The number of unbranched alkanes of at least 4 members (excludes halogenated alkanes) is 14. The molecule has 2 atom stereocenters. The Morgan fingerprint density at radius 2 is 1.17 bits per heavy atom. The number of ether oxygens (including phenoxy) is 3. The third-order valence-corrected chi connectivity index (χ3v) is 6.16. The quantitative estimate of drug-likeness (QED) is 0.184. The minimum Gasteiger partial charge on any atom is -0.396 e. The molecule has 180 valence electrons. The van der Waals surface area contributed by atoms with Crippen molar-refractivity contribution >= 4 is 0 Å². The number of hydrogen-bond donors (Lipinski definition) is 1.